The van der Waals surface area contributed by atoms with E-state index in [1.807, 2.05) is 32.0 Å². The lowest BCUT2D eigenvalue weighted by molar-refractivity contribution is -0.136. The van der Waals surface area contributed by atoms with Gasteiger partial charge in [0.15, 0.2) is 5.78 Å². The molecule has 2 aromatic rings. The van der Waals surface area contributed by atoms with Crippen molar-refractivity contribution in [2.75, 3.05) is 11.9 Å². The number of amides is 2. The normalized spacial score (nSPS) is 11.4. The fraction of sp³-hybridized carbons (Fsp3) is 0.286. The van der Waals surface area contributed by atoms with Crippen LogP contribution in [0.2, 0.25) is 0 Å². The highest BCUT2D eigenvalue weighted by atomic mass is 16.5. The Hall–Kier alpha value is -3.15. The summed E-state index contributed by atoms with van der Waals surface area (Å²) in [6, 6.07) is 11.7. The lowest BCUT2D eigenvalue weighted by atomic mass is 10.0. The number of carbonyl (C=O) groups excluding carboxylic acids is 3. The van der Waals surface area contributed by atoms with Gasteiger partial charge in [0.2, 0.25) is 0 Å². The highest BCUT2D eigenvalue weighted by Crippen LogP contribution is 2.26. The molecule has 0 aliphatic carbocycles. The zero-order valence-electron chi connectivity index (χ0n) is 16.0. The Bertz CT molecular complexity index is 861. The lowest BCUT2D eigenvalue weighted by Gasteiger charge is -2.18. The maximum Gasteiger partial charge on any atom is 0.313 e. The van der Waals surface area contributed by atoms with Crippen molar-refractivity contribution in [3.05, 3.63) is 59.2 Å². The molecule has 0 aliphatic heterocycles. The van der Waals surface area contributed by atoms with Gasteiger partial charge in [-0.3, -0.25) is 14.4 Å². The molecule has 1 unspecified atom stereocenters. The van der Waals surface area contributed by atoms with E-state index in [1.165, 1.54) is 13.0 Å². The number of anilines is 1. The molecule has 2 amide bonds. The number of rotatable bonds is 6. The molecule has 0 bridgehead atoms. The van der Waals surface area contributed by atoms with Gasteiger partial charge in [-0.15, -0.1) is 0 Å². The molecule has 0 aliphatic rings. The Morgan fingerprint density at radius 1 is 1.07 bits per heavy atom. The largest absolute Gasteiger partial charge is 0.494 e. The van der Waals surface area contributed by atoms with Crippen LogP contribution in [0.3, 0.4) is 0 Å². The Kier molecular flexibility index (Phi) is 6.71. The number of nitrogens with one attached hydrogen (secondary N) is 2. The first-order valence-corrected chi connectivity index (χ1v) is 8.78. The van der Waals surface area contributed by atoms with Crippen molar-refractivity contribution >= 4 is 23.3 Å². The fourth-order valence-corrected chi connectivity index (χ4v) is 2.64. The van der Waals surface area contributed by atoms with Crippen molar-refractivity contribution in [1.29, 1.82) is 0 Å². The standard InChI is InChI=1S/C21H24N2O4/c1-5-27-19-10-9-13(2)11-18(19)14(3)22-20(25)21(26)23-17-8-6-7-16(12-17)15(4)24/h6-12,14H,5H2,1-4H3,(H,22,25)(H,23,26). The smallest absolute Gasteiger partial charge is 0.313 e. The fourth-order valence-electron chi connectivity index (χ4n) is 2.64. The Morgan fingerprint density at radius 3 is 2.48 bits per heavy atom. The number of ether oxygens (including phenoxy) is 1. The summed E-state index contributed by atoms with van der Waals surface area (Å²) in [5.41, 5.74) is 2.68. The van der Waals surface area contributed by atoms with Crippen molar-refractivity contribution < 1.29 is 19.1 Å². The molecule has 142 valence electrons. The van der Waals surface area contributed by atoms with E-state index in [-0.39, 0.29) is 5.78 Å². The van der Waals surface area contributed by atoms with Gasteiger partial charge in [-0.25, -0.2) is 0 Å². The van der Waals surface area contributed by atoms with Crippen molar-refractivity contribution in [2.24, 2.45) is 0 Å². The lowest BCUT2D eigenvalue weighted by Crippen LogP contribution is -2.37. The van der Waals surface area contributed by atoms with E-state index in [1.54, 1.807) is 25.1 Å². The molecule has 0 saturated carbocycles. The predicted molar refractivity (Wildman–Crippen MR) is 104 cm³/mol. The van der Waals surface area contributed by atoms with Crippen LogP contribution in [-0.4, -0.2) is 24.2 Å². The summed E-state index contributed by atoms with van der Waals surface area (Å²) < 4.78 is 5.60. The molecule has 2 aromatic carbocycles. The molecule has 2 rings (SSSR count). The first-order valence-electron chi connectivity index (χ1n) is 8.78. The van der Waals surface area contributed by atoms with Crippen LogP contribution in [0.4, 0.5) is 5.69 Å². The maximum atomic E-state index is 12.3. The second kappa shape index (κ2) is 8.98. The highest BCUT2D eigenvalue weighted by molar-refractivity contribution is 6.39. The van der Waals surface area contributed by atoms with Crippen LogP contribution in [0.25, 0.3) is 0 Å². The quantitative estimate of drug-likeness (QED) is 0.604. The van der Waals surface area contributed by atoms with Crippen LogP contribution in [0.1, 0.15) is 48.3 Å². The molecular weight excluding hydrogens is 344 g/mol. The third-order valence-electron chi connectivity index (χ3n) is 4.01. The summed E-state index contributed by atoms with van der Waals surface area (Å²) >= 11 is 0. The zero-order valence-corrected chi connectivity index (χ0v) is 16.0. The monoisotopic (exact) mass is 368 g/mol. The number of benzene rings is 2. The number of carbonyl (C=O) groups is 3. The van der Waals surface area contributed by atoms with E-state index in [4.69, 9.17) is 4.74 Å². The van der Waals surface area contributed by atoms with E-state index < -0.39 is 17.9 Å². The molecule has 0 heterocycles. The van der Waals surface area contributed by atoms with Crippen LogP contribution in [0.5, 0.6) is 5.75 Å². The van der Waals surface area contributed by atoms with Crippen LogP contribution < -0.4 is 15.4 Å². The average Bonchev–Trinajstić information content (AvgIpc) is 2.63. The van der Waals surface area contributed by atoms with Gasteiger partial charge in [-0.1, -0.05) is 29.8 Å². The van der Waals surface area contributed by atoms with Crippen LogP contribution in [0.15, 0.2) is 42.5 Å². The van der Waals surface area contributed by atoms with E-state index in [0.717, 1.165) is 11.1 Å². The van der Waals surface area contributed by atoms with Gasteiger partial charge in [-0.05, 0) is 45.9 Å². The van der Waals surface area contributed by atoms with E-state index in [9.17, 15) is 14.4 Å². The van der Waals surface area contributed by atoms with Gasteiger partial charge in [0.25, 0.3) is 0 Å². The second-order valence-electron chi connectivity index (χ2n) is 6.26. The van der Waals surface area contributed by atoms with E-state index in [0.29, 0.717) is 23.6 Å². The van der Waals surface area contributed by atoms with E-state index in [2.05, 4.69) is 10.6 Å². The van der Waals surface area contributed by atoms with Crippen molar-refractivity contribution in [2.45, 2.75) is 33.7 Å². The third-order valence-corrected chi connectivity index (χ3v) is 4.01. The summed E-state index contributed by atoms with van der Waals surface area (Å²) in [6.07, 6.45) is 0. The molecule has 1 atom stereocenters. The van der Waals surface area contributed by atoms with Gasteiger partial charge >= 0.3 is 11.8 Å². The first-order chi connectivity index (χ1) is 12.8. The number of hydrogen-bond acceptors (Lipinski definition) is 4. The molecule has 0 aromatic heterocycles. The Morgan fingerprint density at radius 2 is 1.81 bits per heavy atom. The summed E-state index contributed by atoms with van der Waals surface area (Å²) in [6.45, 7) is 7.56. The van der Waals surface area contributed by atoms with Crippen molar-refractivity contribution in [1.82, 2.24) is 5.32 Å². The molecule has 2 N–H and O–H groups in total. The van der Waals surface area contributed by atoms with Crippen LogP contribution in [-0.2, 0) is 9.59 Å². The Balaban J connectivity index is 2.08. The minimum Gasteiger partial charge on any atom is -0.494 e. The Labute approximate surface area is 158 Å². The molecule has 6 nitrogen and oxygen atoms in total. The number of ketones is 1. The molecule has 0 radical (unpaired) electrons. The molecule has 0 fully saturated rings. The van der Waals surface area contributed by atoms with Gasteiger partial charge in [0.05, 0.1) is 12.6 Å². The second-order valence-corrected chi connectivity index (χ2v) is 6.26. The molecule has 6 heteroatoms. The topological polar surface area (TPSA) is 84.5 Å². The van der Waals surface area contributed by atoms with Crippen LogP contribution >= 0.6 is 0 Å². The minimum absolute atomic E-state index is 0.118. The number of hydrogen-bond donors (Lipinski definition) is 2. The number of Topliss-reactive ketones (excluding diaryl/α,β-unsaturated/α-hetero) is 1. The summed E-state index contributed by atoms with van der Waals surface area (Å²) in [7, 11) is 0. The SMILES string of the molecule is CCOc1ccc(C)cc1C(C)NC(=O)C(=O)Nc1cccc(C(C)=O)c1. The summed E-state index contributed by atoms with van der Waals surface area (Å²) in [5.74, 6) is -1.01. The van der Waals surface area contributed by atoms with Gasteiger partial charge in [-0.2, -0.15) is 0 Å². The number of aryl methyl sites for hydroxylation is 1. The highest BCUT2D eigenvalue weighted by Gasteiger charge is 2.20. The van der Waals surface area contributed by atoms with E-state index >= 15 is 0 Å². The third kappa shape index (κ3) is 5.41. The van der Waals surface area contributed by atoms with Gasteiger partial charge in [0, 0.05) is 16.8 Å². The molecule has 0 spiro atoms. The average molecular weight is 368 g/mol. The maximum absolute atomic E-state index is 12.3. The summed E-state index contributed by atoms with van der Waals surface area (Å²) in [4.78, 5) is 35.9. The van der Waals surface area contributed by atoms with Crippen molar-refractivity contribution in [3.63, 3.8) is 0 Å². The van der Waals surface area contributed by atoms with Crippen LogP contribution in [0, 0.1) is 6.92 Å². The van der Waals surface area contributed by atoms with Gasteiger partial charge < -0.3 is 15.4 Å². The molecule has 27 heavy (non-hydrogen) atoms. The van der Waals surface area contributed by atoms with Crippen molar-refractivity contribution in [3.8, 4) is 5.75 Å². The zero-order chi connectivity index (χ0) is 20.0. The predicted octanol–water partition coefficient (Wildman–Crippen LogP) is 3.41. The summed E-state index contributed by atoms with van der Waals surface area (Å²) in [5, 5.41) is 5.19. The van der Waals surface area contributed by atoms with Gasteiger partial charge in [0.1, 0.15) is 5.75 Å². The molecular formula is C21H24N2O4. The first kappa shape index (κ1) is 20.2. The minimum atomic E-state index is -0.798. The molecule has 0 saturated heterocycles.